The number of hydrogen-bond acceptors (Lipinski definition) is 5. The molecule has 1 aliphatic rings. The van der Waals surface area contributed by atoms with E-state index in [-0.39, 0.29) is 40.9 Å². The van der Waals surface area contributed by atoms with Crippen LogP contribution in [0.2, 0.25) is 0 Å². The second-order valence-electron chi connectivity index (χ2n) is 6.57. The number of carboxylic acid groups (broad SMARTS) is 1. The molecule has 0 amide bonds. The van der Waals surface area contributed by atoms with Crippen molar-refractivity contribution in [2.24, 2.45) is 0 Å². The predicted octanol–water partition coefficient (Wildman–Crippen LogP) is -0.626. The number of rotatable bonds is 6. The Morgan fingerprint density at radius 2 is 1.71 bits per heavy atom. The minimum Gasteiger partial charge on any atom is -0.548 e. The van der Waals surface area contributed by atoms with Crippen LogP contribution in [0, 0.1) is 0 Å². The van der Waals surface area contributed by atoms with E-state index in [0.29, 0.717) is 0 Å². The Morgan fingerprint density at radius 1 is 1.04 bits per heavy atom. The average Bonchev–Trinajstić information content (AvgIpc) is 3.13. The number of aliphatic carboxylic acids is 1. The van der Waals surface area contributed by atoms with Gasteiger partial charge in [0.15, 0.2) is 0 Å². The van der Waals surface area contributed by atoms with Crippen LogP contribution in [0.25, 0.3) is 11.1 Å². The number of benzene rings is 2. The molecule has 8 heteroatoms. The summed E-state index contributed by atoms with van der Waals surface area (Å²) in [6, 6.07) is 17.3. The normalized spacial score (nSPS) is 20.9. The van der Waals surface area contributed by atoms with Gasteiger partial charge in [0, 0.05) is 5.92 Å². The summed E-state index contributed by atoms with van der Waals surface area (Å²) in [5.41, 5.74) is 1.08. The van der Waals surface area contributed by atoms with Crippen molar-refractivity contribution >= 4 is 27.3 Å². The van der Waals surface area contributed by atoms with Crippen LogP contribution in [0.15, 0.2) is 76.3 Å². The first-order valence-electron chi connectivity index (χ1n) is 8.35. The molecule has 0 bridgehead atoms. The van der Waals surface area contributed by atoms with Crippen LogP contribution in [0.1, 0.15) is 17.9 Å². The third kappa shape index (κ3) is 3.96. The van der Waals surface area contributed by atoms with Crippen molar-refractivity contribution in [2.45, 2.75) is 22.8 Å². The predicted molar refractivity (Wildman–Crippen MR) is 102 cm³/mol. The van der Waals surface area contributed by atoms with E-state index in [1.807, 2.05) is 22.9 Å². The molecule has 0 radical (unpaired) electrons. The van der Waals surface area contributed by atoms with Crippen molar-refractivity contribution in [3.8, 4) is 11.1 Å². The first-order valence-corrected chi connectivity index (χ1v) is 10.8. The molecule has 1 heterocycles. The van der Waals surface area contributed by atoms with Gasteiger partial charge in [-0.15, -0.1) is 0 Å². The van der Waals surface area contributed by atoms with Crippen molar-refractivity contribution in [1.82, 2.24) is 4.72 Å². The fourth-order valence-electron chi connectivity index (χ4n) is 3.28. The topological polar surface area (TPSA) is 86.3 Å². The van der Waals surface area contributed by atoms with Crippen LogP contribution >= 0.6 is 11.3 Å². The molecular weight excluding hydrogens is 405 g/mol. The van der Waals surface area contributed by atoms with Crippen LogP contribution in [0.5, 0.6) is 0 Å². The largest absolute Gasteiger partial charge is 1.00 e. The maximum atomic E-state index is 12.8. The maximum absolute atomic E-state index is 12.8. The Balaban J connectivity index is 0.00000225. The third-order valence-corrected chi connectivity index (χ3v) is 7.07. The van der Waals surface area contributed by atoms with E-state index in [9.17, 15) is 18.3 Å². The van der Waals surface area contributed by atoms with Crippen molar-refractivity contribution in [3.05, 3.63) is 77.0 Å². The summed E-state index contributed by atoms with van der Waals surface area (Å²) in [5.74, 6) is -1.85. The zero-order chi connectivity index (χ0) is 19.1. The fraction of sp³-hybridized carbons (Fsp3) is 0.150. The van der Waals surface area contributed by atoms with Gasteiger partial charge in [0.05, 0.1) is 16.4 Å². The molecule has 1 aromatic heterocycles. The van der Waals surface area contributed by atoms with Gasteiger partial charge in [0.2, 0.25) is 10.0 Å². The van der Waals surface area contributed by atoms with Crippen molar-refractivity contribution < 1.29 is 47.9 Å². The quantitative estimate of drug-likeness (QED) is 0.538. The molecule has 1 fully saturated rings. The third-order valence-electron chi connectivity index (χ3n) is 4.86. The molecule has 2 unspecified atom stereocenters. The van der Waals surface area contributed by atoms with Crippen molar-refractivity contribution in [1.29, 1.82) is 0 Å². The Morgan fingerprint density at radius 3 is 2.29 bits per heavy atom. The number of nitrogens with one attached hydrogen (secondary N) is 1. The molecule has 1 aliphatic carbocycles. The SMILES string of the molecule is O=C([O-])C1(NS(=O)(=O)c2ccc(-c3ccsc3)cc2)CC1c1ccccc1.[Na+]. The van der Waals surface area contributed by atoms with E-state index in [1.165, 1.54) is 12.1 Å². The van der Waals surface area contributed by atoms with E-state index in [0.717, 1.165) is 16.7 Å². The van der Waals surface area contributed by atoms with Gasteiger partial charge in [-0.2, -0.15) is 16.1 Å². The first kappa shape index (κ1) is 21.2. The summed E-state index contributed by atoms with van der Waals surface area (Å²) in [7, 11) is -4.00. The molecule has 1 N–H and O–H groups in total. The van der Waals surface area contributed by atoms with Gasteiger partial charge in [0.25, 0.3) is 0 Å². The van der Waals surface area contributed by atoms with Crippen molar-refractivity contribution in [3.63, 3.8) is 0 Å². The second-order valence-corrected chi connectivity index (χ2v) is 9.03. The van der Waals surface area contributed by atoms with Gasteiger partial charge in [0.1, 0.15) is 0 Å². The molecule has 5 nitrogen and oxygen atoms in total. The number of carbonyl (C=O) groups excluding carboxylic acids is 1. The summed E-state index contributed by atoms with van der Waals surface area (Å²) >= 11 is 1.56. The number of thiophene rings is 1. The maximum Gasteiger partial charge on any atom is 1.00 e. The zero-order valence-corrected chi connectivity index (χ0v) is 18.8. The van der Waals surface area contributed by atoms with E-state index >= 15 is 0 Å². The smallest absolute Gasteiger partial charge is 0.548 e. The molecule has 0 saturated heterocycles. The van der Waals surface area contributed by atoms with Crippen LogP contribution < -0.4 is 39.4 Å². The van der Waals surface area contributed by atoms with Gasteiger partial charge in [-0.05, 0) is 52.1 Å². The van der Waals surface area contributed by atoms with Crippen LogP contribution in [-0.4, -0.2) is 19.9 Å². The monoisotopic (exact) mass is 421 g/mol. The van der Waals surface area contributed by atoms with Gasteiger partial charge in [-0.1, -0.05) is 42.5 Å². The number of hydrogen-bond donors (Lipinski definition) is 1. The summed E-state index contributed by atoms with van der Waals surface area (Å²) < 4.78 is 27.9. The molecule has 0 spiro atoms. The van der Waals surface area contributed by atoms with Crippen LogP contribution in [0.4, 0.5) is 0 Å². The molecule has 4 rings (SSSR count). The fourth-order valence-corrected chi connectivity index (χ4v) is 5.35. The summed E-state index contributed by atoms with van der Waals surface area (Å²) in [5, 5.41) is 15.7. The van der Waals surface area contributed by atoms with E-state index in [1.54, 1.807) is 47.7 Å². The van der Waals surface area contributed by atoms with Crippen LogP contribution in [0.3, 0.4) is 0 Å². The number of carboxylic acids is 1. The molecule has 0 aliphatic heterocycles. The molecule has 138 valence electrons. The summed E-state index contributed by atoms with van der Waals surface area (Å²) in [4.78, 5) is 11.8. The Bertz CT molecular complexity index is 1070. The molecule has 3 aromatic rings. The zero-order valence-electron chi connectivity index (χ0n) is 15.2. The Labute approximate surface area is 189 Å². The standard InChI is InChI=1S/C20H17NO4S2.Na/c22-19(23)20(12-18(20)15-4-2-1-3-5-15)21-27(24,25)17-8-6-14(7-9-17)16-10-11-26-13-16;/h1-11,13,18,21H,12H2,(H,22,23);/q;+1/p-1. The van der Waals surface area contributed by atoms with E-state index in [2.05, 4.69) is 4.72 Å². The summed E-state index contributed by atoms with van der Waals surface area (Å²) in [6.07, 6.45) is 0.172. The average molecular weight is 421 g/mol. The second kappa shape index (κ2) is 8.10. The van der Waals surface area contributed by atoms with Gasteiger partial charge < -0.3 is 9.90 Å². The van der Waals surface area contributed by atoms with E-state index < -0.39 is 27.4 Å². The minimum absolute atomic E-state index is 0. The van der Waals surface area contributed by atoms with Crippen molar-refractivity contribution in [2.75, 3.05) is 0 Å². The van der Waals surface area contributed by atoms with Gasteiger partial charge >= 0.3 is 29.6 Å². The van der Waals surface area contributed by atoms with Crippen LogP contribution in [-0.2, 0) is 14.8 Å². The minimum atomic E-state index is -4.00. The molecule has 1 saturated carbocycles. The Kier molecular flexibility index (Phi) is 6.14. The first-order chi connectivity index (χ1) is 12.9. The Hall–Kier alpha value is -1.48. The van der Waals surface area contributed by atoms with Gasteiger partial charge in [-0.3, -0.25) is 0 Å². The molecule has 2 atom stereocenters. The number of sulfonamides is 1. The molecular formula is C20H16NNaO4S2. The number of carbonyl (C=O) groups is 1. The summed E-state index contributed by atoms with van der Waals surface area (Å²) in [6.45, 7) is 0. The molecule has 28 heavy (non-hydrogen) atoms. The van der Waals surface area contributed by atoms with E-state index in [4.69, 9.17) is 0 Å². The van der Waals surface area contributed by atoms with Gasteiger partial charge in [-0.25, -0.2) is 8.42 Å². The molecule has 2 aromatic carbocycles.